The fraction of sp³-hybridized carbons (Fsp3) is 0.917. The molecule has 16 heavy (non-hydrogen) atoms. The molecule has 4 nitrogen and oxygen atoms in total. The third-order valence-electron chi connectivity index (χ3n) is 2.26. The van der Waals surface area contributed by atoms with Crippen LogP contribution in [0.3, 0.4) is 0 Å². The smallest absolute Gasteiger partial charge is 0.319 e. The third-order valence-corrected chi connectivity index (χ3v) is 2.26. The standard InChI is InChI=1S/C12H25NO3/c1-10(2)9-16-7-6-13(11(3)4)8-12(14)15-5/h10-11H,6-9H2,1-5H3. The lowest BCUT2D eigenvalue weighted by atomic mass is 10.2. The second-order valence-corrected chi connectivity index (χ2v) is 4.61. The van der Waals surface area contributed by atoms with Crippen molar-refractivity contribution in [3.63, 3.8) is 0 Å². The van der Waals surface area contributed by atoms with Crippen LogP contribution in [0, 0.1) is 5.92 Å². The minimum Gasteiger partial charge on any atom is -0.468 e. The summed E-state index contributed by atoms with van der Waals surface area (Å²) < 4.78 is 10.2. The zero-order valence-electron chi connectivity index (χ0n) is 11.2. The molecule has 0 unspecified atom stereocenters. The van der Waals surface area contributed by atoms with E-state index in [-0.39, 0.29) is 5.97 Å². The maximum Gasteiger partial charge on any atom is 0.319 e. The van der Waals surface area contributed by atoms with Crippen molar-refractivity contribution in [3.05, 3.63) is 0 Å². The number of methoxy groups -OCH3 is 1. The van der Waals surface area contributed by atoms with Crippen molar-refractivity contribution in [1.29, 1.82) is 0 Å². The van der Waals surface area contributed by atoms with E-state index in [0.717, 1.165) is 13.2 Å². The van der Waals surface area contributed by atoms with Gasteiger partial charge in [-0.2, -0.15) is 0 Å². The molecule has 0 heterocycles. The van der Waals surface area contributed by atoms with Gasteiger partial charge in [-0.1, -0.05) is 13.8 Å². The number of hydrogen-bond acceptors (Lipinski definition) is 4. The summed E-state index contributed by atoms with van der Waals surface area (Å²) in [6.07, 6.45) is 0. The number of carbonyl (C=O) groups is 1. The van der Waals surface area contributed by atoms with Crippen molar-refractivity contribution in [2.45, 2.75) is 33.7 Å². The molecule has 0 N–H and O–H groups in total. The zero-order chi connectivity index (χ0) is 12.6. The van der Waals surface area contributed by atoms with Crippen LogP contribution in [0.1, 0.15) is 27.7 Å². The molecule has 0 spiro atoms. The van der Waals surface area contributed by atoms with E-state index in [2.05, 4.69) is 32.4 Å². The summed E-state index contributed by atoms with van der Waals surface area (Å²) in [7, 11) is 1.41. The van der Waals surface area contributed by atoms with E-state index < -0.39 is 0 Å². The first-order valence-corrected chi connectivity index (χ1v) is 5.86. The largest absolute Gasteiger partial charge is 0.468 e. The topological polar surface area (TPSA) is 38.8 Å². The molecule has 4 heteroatoms. The molecule has 0 atom stereocenters. The lowest BCUT2D eigenvalue weighted by Gasteiger charge is -2.25. The minimum absolute atomic E-state index is 0.197. The molecule has 0 aromatic rings. The van der Waals surface area contributed by atoms with Gasteiger partial charge in [-0.3, -0.25) is 9.69 Å². The summed E-state index contributed by atoms with van der Waals surface area (Å²) in [6, 6.07) is 0.321. The summed E-state index contributed by atoms with van der Waals surface area (Å²) in [6.45, 7) is 10.9. The van der Waals surface area contributed by atoms with Crippen molar-refractivity contribution >= 4 is 5.97 Å². The van der Waals surface area contributed by atoms with Gasteiger partial charge in [0.1, 0.15) is 0 Å². The van der Waals surface area contributed by atoms with Crippen molar-refractivity contribution in [3.8, 4) is 0 Å². The van der Waals surface area contributed by atoms with E-state index in [9.17, 15) is 4.79 Å². The number of hydrogen-bond donors (Lipinski definition) is 0. The van der Waals surface area contributed by atoms with Gasteiger partial charge in [0.25, 0.3) is 0 Å². The normalized spacial score (nSPS) is 11.5. The lowest BCUT2D eigenvalue weighted by molar-refractivity contribution is -0.142. The van der Waals surface area contributed by atoms with Crippen LogP contribution in [0.25, 0.3) is 0 Å². The molecule has 0 saturated heterocycles. The van der Waals surface area contributed by atoms with E-state index >= 15 is 0 Å². The third kappa shape index (κ3) is 7.65. The van der Waals surface area contributed by atoms with Crippen LogP contribution < -0.4 is 0 Å². The monoisotopic (exact) mass is 231 g/mol. The van der Waals surface area contributed by atoms with Gasteiger partial charge in [-0.15, -0.1) is 0 Å². The van der Waals surface area contributed by atoms with E-state index in [0.29, 0.717) is 25.1 Å². The van der Waals surface area contributed by atoms with Crippen LogP contribution in [0.15, 0.2) is 0 Å². The Morgan fingerprint density at radius 3 is 2.31 bits per heavy atom. The molecule has 0 saturated carbocycles. The average Bonchev–Trinajstić information content (AvgIpc) is 2.21. The highest BCUT2D eigenvalue weighted by atomic mass is 16.5. The van der Waals surface area contributed by atoms with Gasteiger partial charge in [0.15, 0.2) is 0 Å². The Hall–Kier alpha value is -0.610. The van der Waals surface area contributed by atoms with Crippen molar-refractivity contribution in [1.82, 2.24) is 4.90 Å². The Balaban J connectivity index is 3.81. The van der Waals surface area contributed by atoms with Gasteiger partial charge in [0.2, 0.25) is 0 Å². The number of carbonyl (C=O) groups excluding carboxylic acids is 1. The molecule has 0 fully saturated rings. The minimum atomic E-state index is -0.197. The van der Waals surface area contributed by atoms with Crippen LogP contribution in [-0.4, -0.2) is 50.3 Å². The molecule has 0 aliphatic heterocycles. The van der Waals surface area contributed by atoms with E-state index in [1.54, 1.807) is 0 Å². The molecule has 0 aliphatic rings. The molecule has 0 amide bonds. The number of ether oxygens (including phenoxy) is 2. The first-order chi connectivity index (χ1) is 7.47. The Bertz CT molecular complexity index is 193. The Morgan fingerprint density at radius 1 is 1.25 bits per heavy atom. The van der Waals surface area contributed by atoms with Crippen molar-refractivity contribution < 1.29 is 14.3 Å². The van der Waals surface area contributed by atoms with Gasteiger partial charge >= 0.3 is 5.97 Å². The maximum absolute atomic E-state index is 11.2. The summed E-state index contributed by atoms with van der Waals surface area (Å²) in [4.78, 5) is 13.2. The number of nitrogens with zero attached hydrogens (tertiary/aromatic N) is 1. The van der Waals surface area contributed by atoms with Gasteiger partial charge in [0, 0.05) is 19.2 Å². The molecule has 96 valence electrons. The summed E-state index contributed by atoms with van der Waals surface area (Å²) in [5.74, 6) is 0.352. The van der Waals surface area contributed by atoms with Crippen molar-refractivity contribution in [2.75, 3.05) is 33.4 Å². The number of esters is 1. The molecule has 0 aliphatic carbocycles. The van der Waals surface area contributed by atoms with E-state index in [1.165, 1.54) is 7.11 Å². The zero-order valence-corrected chi connectivity index (χ0v) is 11.2. The van der Waals surface area contributed by atoms with Crippen molar-refractivity contribution in [2.24, 2.45) is 5.92 Å². The van der Waals surface area contributed by atoms with Crippen LogP contribution in [-0.2, 0) is 14.3 Å². The molecule has 0 bridgehead atoms. The van der Waals surface area contributed by atoms with Crippen LogP contribution >= 0.6 is 0 Å². The quantitative estimate of drug-likeness (QED) is 0.469. The van der Waals surface area contributed by atoms with Gasteiger partial charge in [0.05, 0.1) is 20.3 Å². The Labute approximate surface area is 98.9 Å². The van der Waals surface area contributed by atoms with Gasteiger partial charge in [-0.25, -0.2) is 0 Å². The Morgan fingerprint density at radius 2 is 1.88 bits per heavy atom. The highest BCUT2D eigenvalue weighted by Crippen LogP contribution is 1.99. The van der Waals surface area contributed by atoms with Crippen LogP contribution in [0.5, 0.6) is 0 Å². The molecule has 0 aromatic carbocycles. The predicted octanol–water partition coefficient (Wildman–Crippen LogP) is 1.54. The fourth-order valence-electron chi connectivity index (χ4n) is 1.25. The fourth-order valence-corrected chi connectivity index (χ4v) is 1.25. The number of rotatable bonds is 8. The van der Waals surface area contributed by atoms with Gasteiger partial charge in [-0.05, 0) is 19.8 Å². The first-order valence-electron chi connectivity index (χ1n) is 5.86. The molecule has 0 aromatic heterocycles. The average molecular weight is 231 g/mol. The van der Waals surface area contributed by atoms with Crippen LogP contribution in [0.2, 0.25) is 0 Å². The lowest BCUT2D eigenvalue weighted by Crippen LogP contribution is -2.38. The molecular formula is C12H25NO3. The summed E-state index contributed by atoms with van der Waals surface area (Å²) in [5, 5.41) is 0. The summed E-state index contributed by atoms with van der Waals surface area (Å²) >= 11 is 0. The highest BCUT2D eigenvalue weighted by molar-refractivity contribution is 5.71. The summed E-state index contributed by atoms with van der Waals surface area (Å²) in [5.41, 5.74) is 0. The van der Waals surface area contributed by atoms with E-state index in [1.807, 2.05) is 4.90 Å². The SMILES string of the molecule is COC(=O)CN(CCOCC(C)C)C(C)C. The highest BCUT2D eigenvalue weighted by Gasteiger charge is 2.13. The van der Waals surface area contributed by atoms with Gasteiger partial charge < -0.3 is 9.47 Å². The first kappa shape index (κ1) is 15.4. The Kier molecular flexibility index (Phi) is 8.21. The second-order valence-electron chi connectivity index (χ2n) is 4.61. The molecular weight excluding hydrogens is 206 g/mol. The predicted molar refractivity (Wildman–Crippen MR) is 64.4 cm³/mol. The molecule has 0 radical (unpaired) electrons. The molecule has 0 rings (SSSR count). The second kappa shape index (κ2) is 8.53. The van der Waals surface area contributed by atoms with E-state index in [4.69, 9.17) is 4.74 Å². The maximum atomic E-state index is 11.2. The van der Waals surface area contributed by atoms with Crippen LogP contribution in [0.4, 0.5) is 0 Å².